The fourth-order valence-electron chi connectivity index (χ4n) is 3.20. The van der Waals surface area contributed by atoms with Crippen LogP contribution in [0.25, 0.3) is 11.4 Å². The molecule has 1 amide bonds. The number of rotatable bonds is 4. The molecule has 4 rings (SSSR count). The Labute approximate surface area is 150 Å². The van der Waals surface area contributed by atoms with E-state index in [9.17, 15) is 9.18 Å². The van der Waals surface area contributed by atoms with Gasteiger partial charge >= 0.3 is 0 Å². The van der Waals surface area contributed by atoms with Gasteiger partial charge in [0.1, 0.15) is 5.82 Å². The van der Waals surface area contributed by atoms with Gasteiger partial charge in [-0.3, -0.25) is 4.79 Å². The van der Waals surface area contributed by atoms with Crippen LogP contribution in [-0.4, -0.2) is 27.5 Å². The Kier molecular flexibility index (Phi) is 4.24. The van der Waals surface area contributed by atoms with Crippen LogP contribution in [0.1, 0.15) is 29.4 Å². The topological polar surface area (TPSA) is 59.2 Å². The fraction of sp³-hybridized carbons (Fsp3) is 0.250. The van der Waals surface area contributed by atoms with Gasteiger partial charge in [0.2, 0.25) is 17.6 Å². The lowest BCUT2D eigenvalue weighted by molar-refractivity contribution is -0.128. The van der Waals surface area contributed by atoms with Crippen LogP contribution >= 0.6 is 0 Å². The Morgan fingerprint density at radius 2 is 1.96 bits per heavy atom. The number of amides is 1. The molecule has 1 unspecified atom stereocenters. The van der Waals surface area contributed by atoms with Gasteiger partial charge in [0.05, 0.1) is 5.92 Å². The molecule has 0 saturated carbocycles. The molecule has 1 saturated heterocycles. The third kappa shape index (κ3) is 3.22. The normalized spacial score (nSPS) is 17.1. The lowest BCUT2D eigenvalue weighted by atomic mass is 10.1. The van der Waals surface area contributed by atoms with Crippen molar-refractivity contribution in [2.24, 2.45) is 0 Å². The number of aromatic nitrogens is 2. The third-order valence-electron chi connectivity index (χ3n) is 4.73. The molecule has 1 atom stereocenters. The lowest BCUT2D eigenvalue weighted by Gasteiger charge is -2.17. The van der Waals surface area contributed by atoms with Crippen molar-refractivity contribution < 1.29 is 13.7 Å². The van der Waals surface area contributed by atoms with Crippen molar-refractivity contribution in [2.75, 3.05) is 6.54 Å². The van der Waals surface area contributed by atoms with E-state index in [1.54, 1.807) is 12.1 Å². The SMILES string of the molecule is Cc1ccccc1CN1CC(c2nc(-c3ccc(F)cc3)no2)CC1=O. The summed E-state index contributed by atoms with van der Waals surface area (Å²) >= 11 is 0. The minimum Gasteiger partial charge on any atom is -0.339 e. The van der Waals surface area contributed by atoms with Gasteiger partial charge in [-0.05, 0) is 42.3 Å². The molecule has 1 aliphatic heterocycles. The summed E-state index contributed by atoms with van der Waals surface area (Å²) in [7, 11) is 0. The summed E-state index contributed by atoms with van der Waals surface area (Å²) in [6, 6.07) is 14.0. The maximum absolute atomic E-state index is 13.0. The van der Waals surface area contributed by atoms with Crippen LogP contribution in [0.5, 0.6) is 0 Å². The van der Waals surface area contributed by atoms with Gasteiger partial charge < -0.3 is 9.42 Å². The van der Waals surface area contributed by atoms with E-state index in [2.05, 4.69) is 10.1 Å². The molecular weight excluding hydrogens is 333 g/mol. The molecule has 1 aromatic heterocycles. The standard InChI is InChI=1S/C20H18FN3O2/c1-13-4-2-3-5-15(13)11-24-12-16(10-18(24)25)20-22-19(23-26-20)14-6-8-17(21)9-7-14/h2-9,16H,10-12H2,1H3. The van der Waals surface area contributed by atoms with Gasteiger partial charge in [-0.15, -0.1) is 0 Å². The van der Waals surface area contributed by atoms with Gasteiger partial charge in [-0.2, -0.15) is 4.98 Å². The molecule has 2 aromatic carbocycles. The molecule has 3 aromatic rings. The van der Waals surface area contributed by atoms with Crippen molar-refractivity contribution in [1.29, 1.82) is 0 Å². The number of carbonyl (C=O) groups is 1. The van der Waals surface area contributed by atoms with Crippen molar-refractivity contribution in [3.05, 3.63) is 71.4 Å². The van der Waals surface area contributed by atoms with E-state index in [0.29, 0.717) is 36.8 Å². The number of likely N-dealkylation sites (tertiary alicyclic amines) is 1. The number of nitrogens with zero attached hydrogens (tertiary/aromatic N) is 3. The van der Waals surface area contributed by atoms with E-state index in [4.69, 9.17) is 4.52 Å². The average molecular weight is 351 g/mol. The van der Waals surface area contributed by atoms with Gasteiger partial charge in [-0.25, -0.2) is 4.39 Å². The summed E-state index contributed by atoms with van der Waals surface area (Å²) in [6.45, 7) is 3.18. The molecule has 0 spiro atoms. The molecule has 0 radical (unpaired) electrons. The fourth-order valence-corrected chi connectivity index (χ4v) is 3.20. The van der Waals surface area contributed by atoms with Crippen LogP contribution in [0.4, 0.5) is 4.39 Å². The highest BCUT2D eigenvalue weighted by molar-refractivity contribution is 5.79. The molecular formula is C20H18FN3O2. The minimum atomic E-state index is -0.314. The Morgan fingerprint density at radius 3 is 2.73 bits per heavy atom. The molecule has 1 fully saturated rings. The Morgan fingerprint density at radius 1 is 1.19 bits per heavy atom. The van der Waals surface area contributed by atoms with Gasteiger partial charge in [-0.1, -0.05) is 29.4 Å². The zero-order valence-corrected chi connectivity index (χ0v) is 14.4. The Bertz CT molecular complexity index is 936. The van der Waals surface area contributed by atoms with Crippen molar-refractivity contribution in [3.63, 3.8) is 0 Å². The molecule has 132 valence electrons. The average Bonchev–Trinajstić information content (AvgIpc) is 3.25. The third-order valence-corrected chi connectivity index (χ3v) is 4.73. The summed E-state index contributed by atoms with van der Waals surface area (Å²) < 4.78 is 18.4. The number of carbonyl (C=O) groups excluding carboxylic acids is 1. The van der Waals surface area contributed by atoms with E-state index in [0.717, 1.165) is 5.56 Å². The van der Waals surface area contributed by atoms with Crippen LogP contribution in [0.3, 0.4) is 0 Å². The van der Waals surface area contributed by atoms with Crippen LogP contribution in [0.15, 0.2) is 53.1 Å². The first-order chi connectivity index (χ1) is 12.6. The van der Waals surface area contributed by atoms with E-state index >= 15 is 0 Å². The van der Waals surface area contributed by atoms with Gasteiger partial charge in [0.25, 0.3) is 0 Å². The molecule has 1 aliphatic rings. The van der Waals surface area contributed by atoms with Gasteiger partial charge in [0.15, 0.2) is 0 Å². The molecule has 0 N–H and O–H groups in total. The van der Waals surface area contributed by atoms with Crippen LogP contribution < -0.4 is 0 Å². The second-order valence-corrected chi connectivity index (χ2v) is 6.56. The first kappa shape index (κ1) is 16.4. The predicted molar refractivity (Wildman–Crippen MR) is 93.6 cm³/mol. The summed E-state index contributed by atoms with van der Waals surface area (Å²) in [4.78, 5) is 18.6. The summed E-state index contributed by atoms with van der Waals surface area (Å²) in [5.74, 6) is 0.508. The van der Waals surface area contributed by atoms with Crippen LogP contribution in [0.2, 0.25) is 0 Å². The van der Waals surface area contributed by atoms with Crippen molar-refractivity contribution in [2.45, 2.75) is 25.8 Å². The highest BCUT2D eigenvalue weighted by Crippen LogP contribution is 2.30. The highest BCUT2D eigenvalue weighted by Gasteiger charge is 2.34. The summed E-state index contributed by atoms with van der Waals surface area (Å²) in [6.07, 6.45) is 0.358. The highest BCUT2D eigenvalue weighted by atomic mass is 19.1. The number of hydrogen-bond donors (Lipinski definition) is 0. The molecule has 26 heavy (non-hydrogen) atoms. The summed E-state index contributed by atoms with van der Waals surface area (Å²) in [5, 5.41) is 3.97. The van der Waals surface area contributed by atoms with E-state index in [-0.39, 0.29) is 17.6 Å². The van der Waals surface area contributed by atoms with Crippen molar-refractivity contribution in [3.8, 4) is 11.4 Å². The minimum absolute atomic E-state index is 0.0831. The first-order valence-corrected chi connectivity index (χ1v) is 8.52. The van der Waals surface area contributed by atoms with E-state index in [1.165, 1.54) is 17.7 Å². The largest absolute Gasteiger partial charge is 0.339 e. The summed E-state index contributed by atoms with van der Waals surface area (Å²) in [5.41, 5.74) is 2.99. The van der Waals surface area contributed by atoms with E-state index < -0.39 is 0 Å². The molecule has 5 nitrogen and oxygen atoms in total. The number of hydrogen-bond acceptors (Lipinski definition) is 4. The molecule has 0 bridgehead atoms. The predicted octanol–water partition coefficient (Wildman–Crippen LogP) is 3.70. The molecule has 0 aliphatic carbocycles. The number of benzene rings is 2. The molecule has 2 heterocycles. The first-order valence-electron chi connectivity index (χ1n) is 8.52. The molecule has 6 heteroatoms. The Hall–Kier alpha value is -3.02. The maximum atomic E-state index is 13.0. The van der Waals surface area contributed by atoms with Crippen molar-refractivity contribution in [1.82, 2.24) is 15.0 Å². The number of aryl methyl sites for hydroxylation is 1. The second-order valence-electron chi connectivity index (χ2n) is 6.56. The maximum Gasteiger partial charge on any atom is 0.232 e. The monoisotopic (exact) mass is 351 g/mol. The van der Waals surface area contributed by atoms with Crippen molar-refractivity contribution >= 4 is 5.91 Å². The zero-order valence-electron chi connectivity index (χ0n) is 14.4. The van der Waals surface area contributed by atoms with Crippen LogP contribution in [-0.2, 0) is 11.3 Å². The van der Waals surface area contributed by atoms with Crippen LogP contribution in [0, 0.1) is 12.7 Å². The number of halogens is 1. The second kappa shape index (κ2) is 6.71. The van der Waals surface area contributed by atoms with Gasteiger partial charge in [0, 0.05) is 25.1 Å². The quantitative estimate of drug-likeness (QED) is 0.719. The Balaban J connectivity index is 1.49. The zero-order chi connectivity index (χ0) is 18.1. The van der Waals surface area contributed by atoms with E-state index in [1.807, 2.05) is 36.1 Å². The lowest BCUT2D eigenvalue weighted by Crippen LogP contribution is -2.24. The smallest absolute Gasteiger partial charge is 0.232 e.